The maximum atomic E-state index is 14.1. The van der Waals surface area contributed by atoms with Gasteiger partial charge in [0.2, 0.25) is 0 Å². The van der Waals surface area contributed by atoms with Crippen LogP contribution in [0.1, 0.15) is 50.8 Å². The van der Waals surface area contributed by atoms with Gasteiger partial charge in [-0.1, -0.05) is 60.7 Å². The van der Waals surface area contributed by atoms with Crippen LogP contribution >= 0.6 is 11.8 Å². The molecular formula is C31H38N3O5S+. The summed E-state index contributed by atoms with van der Waals surface area (Å²) >= 11 is 1.57. The molecule has 8 nitrogen and oxygen atoms in total. The van der Waals surface area contributed by atoms with Crippen LogP contribution < -0.4 is 5.32 Å². The lowest BCUT2D eigenvalue weighted by atomic mass is 10.0. The van der Waals surface area contributed by atoms with Crippen LogP contribution in [0.4, 0.5) is 4.79 Å². The Morgan fingerprint density at radius 1 is 1.02 bits per heavy atom. The molecule has 0 bridgehead atoms. The van der Waals surface area contributed by atoms with Gasteiger partial charge in [0.1, 0.15) is 29.3 Å². The normalized spacial score (nSPS) is 22.0. The van der Waals surface area contributed by atoms with Crippen molar-refractivity contribution in [2.45, 2.75) is 56.7 Å². The quantitative estimate of drug-likeness (QED) is 0.300. The topological polar surface area (TPSA) is 84.9 Å². The number of ether oxygens (including phenoxy) is 2. The molecule has 9 heteroatoms. The first-order chi connectivity index (χ1) is 19.0. The van der Waals surface area contributed by atoms with Crippen molar-refractivity contribution in [1.82, 2.24) is 10.2 Å². The molecule has 3 heterocycles. The average Bonchev–Trinajstić information content (AvgIpc) is 3.35. The molecule has 0 aliphatic carbocycles. The molecule has 1 N–H and O–H groups in total. The summed E-state index contributed by atoms with van der Waals surface area (Å²) in [5.74, 6) is -0.263. The van der Waals surface area contributed by atoms with Gasteiger partial charge in [-0.2, -0.15) is 0 Å². The maximum absolute atomic E-state index is 14.1. The largest absolute Gasteiger partial charge is 0.448 e. The van der Waals surface area contributed by atoms with Gasteiger partial charge in [-0.25, -0.2) is 9.59 Å². The lowest BCUT2D eigenvalue weighted by Gasteiger charge is -2.50. The number of β-lactam (4-membered cyclic amide) rings is 1. The summed E-state index contributed by atoms with van der Waals surface area (Å²) in [5, 5.41) is 2.32. The number of carbonyl (C=O) groups is 3. The van der Waals surface area contributed by atoms with E-state index in [1.54, 1.807) is 32.5 Å². The molecule has 2 aromatic carbocycles. The van der Waals surface area contributed by atoms with E-state index >= 15 is 0 Å². The predicted molar refractivity (Wildman–Crippen MR) is 154 cm³/mol. The van der Waals surface area contributed by atoms with Gasteiger partial charge in [0.05, 0.1) is 20.1 Å². The van der Waals surface area contributed by atoms with Gasteiger partial charge in [-0.05, 0) is 31.9 Å². The number of amides is 2. The molecule has 0 spiro atoms. The molecule has 2 aromatic rings. The molecule has 3 aliphatic heterocycles. The standard InChI is InChI=1S/C31H37N3O5S/c1-31(2,3)39-30(37)32-24-27(35)33-25(23(20-40-28(24)33)19-34(4)17-11-12-18-34)29(36)38-26(21-13-7-5-8-14-21)22-15-9-6-10-16-22/h5-10,13-16,24,26,28H,11-12,17-20H2,1-4H3/p+1/t24?,28-/m0/s1. The van der Waals surface area contributed by atoms with E-state index in [2.05, 4.69) is 12.4 Å². The molecular weight excluding hydrogens is 526 g/mol. The molecule has 2 fully saturated rings. The van der Waals surface area contributed by atoms with Crippen LogP contribution in [0.25, 0.3) is 0 Å². The van der Waals surface area contributed by atoms with E-state index in [-0.39, 0.29) is 5.91 Å². The second-order valence-electron chi connectivity index (χ2n) is 12.0. The van der Waals surface area contributed by atoms with E-state index in [9.17, 15) is 14.4 Å². The van der Waals surface area contributed by atoms with Gasteiger partial charge in [-0.3, -0.25) is 9.69 Å². The predicted octanol–water partition coefficient (Wildman–Crippen LogP) is 4.62. The van der Waals surface area contributed by atoms with Gasteiger partial charge in [0.15, 0.2) is 6.10 Å². The third kappa shape index (κ3) is 6.05. The summed E-state index contributed by atoms with van der Waals surface area (Å²) < 4.78 is 12.5. The van der Waals surface area contributed by atoms with Crippen molar-refractivity contribution >= 4 is 29.7 Å². The zero-order valence-corrected chi connectivity index (χ0v) is 24.4. The number of alkyl carbamates (subject to hydrolysis) is 1. The third-order valence-electron chi connectivity index (χ3n) is 7.56. The number of esters is 1. The summed E-state index contributed by atoms with van der Waals surface area (Å²) in [6, 6.07) is 18.5. The van der Waals surface area contributed by atoms with Crippen LogP contribution in [-0.4, -0.2) is 76.8 Å². The number of benzene rings is 2. The molecule has 0 radical (unpaired) electrons. The molecule has 1 unspecified atom stereocenters. The Bertz CT molecular complexity index is 1250. The highest BCUT2D eigenvalue weighted by molar-refractivity contribution is 8.00. The number of nitrogens with zero attached hydrogens (tertiary/aromatic N) is 2. The second kappa shape index (κ2) is 11.3. The Kier molecular flexibility index (Phi) is 7.97. The molecule has 0 saturated carbocycles. The van der Waals surface area contributed by atoms with Crippen molar-refractivity contribution in [2.75, 3.05) is 32.4 Å². The number of rotatable bonds is 7. The van der Waals surface area contributed by atoms with Crippen molar-refractivity contribution in [3.63, 3.8) is 0 Å². The Hall–Kier alpha value is -3.30. The number of thioether (sulfide) groups is 1. The lowest BCUT2D eigenvalue weighted by Crippen LogP contribution is -2.71. The Morgan fingerprint density at radius 3 is 2.15 bits per heavy atom. The first kappa shape index (κ1) is 28.2. The Balaban J connectivity index is 1.45. The van der Waals surface area contributed by atoms with Crippen molar-refractivity contribution in [2.24, 2.45) is 0 Å². The Morgan fingerprint density at radius 2 is 1.60 bits per heavy atom. The van der Waals surface area contributed by atoms with Crippen molar-refractivity contribution in [1.29, 1.82) is 0 Å². The van der Waals surface area contributed by atoms with Crippen LogP contribution in [0, 0.1) is 0 Å². The van der Waals surface area contributed by atoms with Gasteiger partial charge >= 0.3 is 12.1 Å². The average molecular weight is 565 g/mol. The summed E-state index contributed by atoms with van der Waals surface area (Å²) in [5.41, 5.74) is 2.25. The number of likely N-dealkylation sites (tertiary alicyclic amines) is 1. The summed E-state index contributed by atoms with van der Waals surface area (Å²) in [4.78, 5) is 41.6. The van der Waals surface area contributed by atoms with Gasteiger partial charge in [-0.15, -0.1) is 11.8 Å². The second-order valence-corrected chi connectivity index (χ2v) is 13.1. The summed E-state index contributed by atoms with van der Waals surface area (Å²) in [6.07, 6.45) is 1.02. The van der Waals surface area contributed by atoms with E-state index in [1.807, 2.05) is 60.7 Å². The molecule has 212 valence electrons. The third-order valence-corrected chi connectivity index (χ3v) is 8.90. The van der Waals surface area contributed by atoms with Crippen LogP contribution in [0.2, 0.25) is 0 Å². The van der Waals surface area contributed by atoms with Crippen LogP contribution in [0.5, 0.6) is 0 Å². The molecule has 2 atom stereocenters. The van der Waals surface area contributed by atoms with E-state index in [1.165, 1.54) is 4.90 Å². The fourth-order valence-electron chi connectivity index (χ4n) is 5.69. The van der Waals surface area contributed by atoms with Crippen LogP contribution in [0.15, 0.2) is 71.9 Å². The van der Waals surface area contributed by atoms with E-state index in [0.29, 0.717) is 18.0 Å². The molecule has 2 saturated heterocycles. The lowest BCUT2D eigenvalue weighted by molar-refractivity contribution is -0.893. The number of fused-ring (bicyclic) bond motifs is 1. The van der Waals surface area contributed by atoms with Crippen LogP contribution in [-0.2, 0) is 19.1 Å². The number of quaternary nitrogens is 1. The van der Waals surface area contributed by atoms with E-state index in [0.717, 1.165) is 47.1 Å². The first-order valence-electron chi connectivity index (χ1n) is 13.9. The fourth-order valence-corrected chi connectivity index (χ4v) is 7.03. The number of nitrogens with one attached hydrogen (secondary N) is 1. The summed E-state index contributed by atoms with van der Waals surface area (Å²) in [7, 11) is 2.21. The SMILES string of the molecule is CC(C)(C)OC(=O)NC1C(=O)N2C(C(=O)OC(c3ccccc3)c3ccccc3)=C(C[N+]3(C)CCCC3)CS[C@@H]12. The van der Waals surface area contributed by atoms with Gasteiger partial charge < -0.3 is 19.3 Å². The number of hydrogen-bond acceptors (Lipinski definition) is 6. The van der Waals surface area contributed by atoms with E-state index in [4.69, 9.17) is 9.47 Å². The highest BCUT2D eigenvalue weighted by atomic mass is 32.2. The molecule has 40 heavy (non-hydrogen) atoms. The molecule has 0 aromatic heterocycles. The fraction of sp³-hybridized carbons (Fsp3) is 0.452. The van der Waals surface area contributed by atoms with Gasteiger partial charge in [0, 0.05) is 24.2 Å². The zero-order chi connectivity index (χ0) is 28.5. The minimum Gasteiger partial charge on any atom is -0.448 e. The van der Waals surface area contributed by atoms with Crippen molar-refractivity contribution in [3.8, 4) is 0 Å². The number of carbonyl (C=O) groups excluding carboxylic acids is 3. The zero-order valence-electron chi connectivity index (χ0n) is 23.6. The minimum atomic E-state index is -0.764. The van der Waals surface area contributed by atoms with Crippen molar-refractivity contribution < 1.29 is 28.3 Å². The van der Waals surface area contributed by atoms with E-state index < -0.39 is 35.2 Å². The number of likely N-dealkylation sites (N-methyl/N-ethyl adjacent to an activating group) is 1. The molecule has 2 amide bonds. The highest BCUT2D eigenvalue weighted by Gasteiger charge is 2.55. The minimum absolute atomic E-state index is 0.319. The van der Waals surface area contributed by atoms with Gasteiger partial charge in [0.25, 0.3) is 5.91 Å². The van der Waals surface area contributed by atoms with Crippen LogP contribution in [0.3, 0.4) is 0 Å². The Labute approximate surface area is 240 Å². The monoisotopic (exact) mass is 564 g/mol. The highest BCUT2D eigenvalue weighted by Crippen LogP contribution is 2.42. The molecule has 5 rings (SSSR count). The smallest absolute Gasteiger partial charge is 0.408 e. The maximum Gasteiger partial charge on any atom is 0.408 e. The number of hydrogen-bond donors (Lipinski definition) is 1. The summed E-state index contributed by atoms with van der Waals surface area (Å²) in [6.45, 7) is 8.08. The first-order valence-corrected chi connectivity index (χ1v) is 14.9. The van der Waals surface area contributed by atoms with Crippen molar-refractivity contribution in [3.05, 3.63) is 83.1 Å². The molecule has 3 aliphatic rings.